The molecule has 0 aliphatic carbocycles. The Morgan fingerprint density at radius 1 is 0.793 bits per heavy atom. The van der Waals surface area contributed by atoms with Gasteiger partial charge in [0.05, 0.1) is 19.3 Å². The van der Waals surface area contributed by atoms with Crippen LogP contribution < -0.4 is 0 Å². The van der Waals surface area contributed by atoms with Crippen LogP contribution in [0.5, 0.6) is 0 Å². The molecule has 2 aliphatic rings. The maximum absolute atomic E-state index is 11.1. The molecule has 0 unspecified atom stereocenters. The minimum absolute atomic E-state index is 0.0451. The van der Waals surface area contributed by atoms with Crippen molar-refractivity contribution >= 4 is 0 Å². The molecule has 6 heteroatoms. The summed E-state index contributed by atoms with van der Waals surface area (Å²) in [6.07, 6.45) is -3.38. The van der Waals surface area contributed by atoms with E-state index >= 15 is 0 Å². The Morgan fingerprint density at radius 2 is 1.31 bits per heavy atom. The Balaban J connectivity index is 1.50. The Hall–Kier alpha value is -1.80. The fourth-order valence-corrected chi connectivity index (χ4v) is 3.76. The van der Waals surface area contributed by atoms with E-state index in [1.165, 1.54) is 0 Å². The van der Waals surface area contributed by atoms with Crippen LogP contribution in [0.3, 0.4) is 0 Å². The van der Waals surface area contributed by atoms with Gasteiger partial charge in [0, 0.05) is 7.11 Å². The van der Waals surface area contributed by atoms with Gasteiger partial charge in [-0.2, -0.15) is 0 Å². The van der Waals surface area contributed by atoms with Gasteiger partial charge in [-0.25, -0.2) is 0 Å². The van der Waals surface area contributed by atoms with E-state index in [0.29, 0.717) is 13.2 Å². The van der Waals surface area contributed by atoms with E-state index in [1.807, 2.05) is 67.6 Å². The molecule has 4 rings (SSSR count). The highest BCUT2D eigenvalue weighted by molar-refractivity contribution is 5.15. The zero-order chi connectivity index (χ0) is 20.2. The van der Waals surface area contributed by atoms with E-state index in [1.54, 1.807) is 7.11 Å². The second-order valence-corrected chi connectivity index (χ2v) is 7.52. The Labute approximate surface area is 171 Å². The topological polar surface area (TPSA) is 69.7 Å². The third-order valence-corrected chi connectivity index (χ3v) is 5.44. The molecule has 0 radical (unpaired) electrons. The molecule has 0 spiro atoms. The van der Waals surface area contributed by atoms with Crippen LogP contribution in [0.2, 0.25) is 0 Å². The van der Waals surface area contributed by atoms with Crippen LogP contribution in [0.15, 0.2) is 60.7 Å². The molecule has 2 aliphatic heterocycles. The molecule has 0 aromatic heterocycles. The molecule has 2 aromatic rings. The predicted molar refractivity (Wildman–Crippen MR) is 106 cm³/mol. The minimum atomic E-state index is -0.888. The van der Waals surface area contributed by atoms with Crippen molar-refractivity contribution in [3.05, 3.63) is 71.8 Å². The van der Waals surface area contributed by atoms with Gasteiger partial charge in [-0.3, -0.25) is 0 Å². The molecule has 2 saturated heterocycles. The highest BCUT2D eigenvalue weighted by Crippen LogP contribution is 2.36. The third kappa shape index (κ3) is 4.86. The largest absolute Gasteiger partial charge is 0.387 e. The van der Waals surface area contributed by atoms with E-state index in [2.05, 4.69) is 0 Å². The molecule has 2 aromatic carbocycles. The summed E-state index contributed by atoms with van der Waals surface area (Å²) in [7, 11) is 1.57. The average Bonchev–Trinajstić information content (AvgIpc) is 3.49. The van der Waals surface area contributed by atoms with Gasteiger partial charge < -0.3 is 28.8 Å². The van der Waals surface area contributed by atoms with Gasteiger partial charge in [0.25, 0.3) is 0 Å². The second-order valence-electron chi connectivity index (χ2n) is 7.52. The Bertz CT molecular complexity index is 754. The molecule has 0 amide bonds. The molecule has 7 atom stereocenters. The standard InChI is InChI=1S/C23H28O6/c1-15-19(28-15)21-18(24)20(26-13-16-9-5-3-6-10-16)22(23(25-2)29-21)27-14-17-11-7-4-8-12-17/h3-12,15,18-24H,13-14H2,1-2H3/t15-,18+,19+,20-,21-,22+,23-/m0/s1. The lowest BCUT2D eigenvalue weighted by Gasteiger charge is -2.43. The van der Waals surface area contributed by atoms with Crippen LogP contribution in [-0.2, 0) is 36.9 Å². The second kappa shape index (κ2) is 9.34. The number of epoxide rings is 1. The van der Waals surface area contributed by atoms with Gasteiger partial charge in [-0.15, -0.1) is 0 Å². The van der Waals surface area contributed by atoms with Crippen molar-refractivity contribution in [2.75, 3.05) is 7.11 Å². The van der Waals surface area contributed by atoms with Gasteiger partial charge in [0.15, 0.2) is 6.29 Å². The number of ether oxygens (including phenoxy) is 5. The molecular weight excluding hydrogens is 372 g/mol. The molecular formula is C23H28O6. The van der Waals surface area contributed by atoms with Crippen LogP contribution in [0.1, 0.15) is 18.1 Å². The first-order valence-corrected chi connectivity index (χ1v) is 10.00. The minimum Gasteiger partial charge on any atom is -0.387 e. The number of benzene rings is 2. The summed E-state index contributed by atoms with van der Waals surface area (Å²) >= 11 is 0. The van der Waals surface area contributed by atoms with Crippen LogP contribution in [0.25, 0.3) is 0 Å². The summed E-state index contributed by atoms with van der Waals surface area (Å²) in [6, 6.07) is 19.7. The van der Waals surface area contributed by atoms with Crippen LogP contribution in [0, 0.1) is 0 Å². The van der Waals surface area contributed by atoms with E-state index in [4.69, 9.17) is 23.7 Å². The first-order chi connectivity index (χ1) is 14.2. The normalized spacial score (nSPS) is 34.1. The van der Waals surface area contributed by atoms with Crippen LogP contribution in [-0.4, -0.2) is 55.1 Å². The van der Waals surface area contributed by atoms with Crippen LogP contribution >= 0.6 is 0 Å². The van der Waals surface area contributed by atoms with Gasteiger partial charge >= 0.3 is 0 Å². The SMILES string of the molecule is CO[C@H]1O[C@H]([C@@H]2O[C@H]2C)[C@H](O)[C@H](OCc2ccccc2)[C@H]1OCc1ccccc1. The van der Waals surface area contributed by atoms with E-state index in [0.717, 1.165) is 11.1 Å². The van der Waals surface area contributed by atoms with E-state index in [9.17, 15) is 5.11 Å². The molecule has 29 heavy (non-hydrogen) atoms. The lowest BCUT2D eigenvalue weighted by Crippen LogP contribution is -2.61. The van der Waals surface area contributed by atoms with Crippen molar-refractivity contribution in [2.45, 2.75) is 63.1 Å². The van der Waals surface area contributed by atoms with Gasteiger partial charge in [-0.1, -0.05) is 60.7 Å². The molecule has 1 N–H and O–H groups in total. The van der Waals surface area contributed by atoms with Gasteiger partial charge in [0.1, 0.15) is 30.5 Å². The van der Waals surface area contributed by atoms with Crippen molar-refractivity contribution < 1.29 is 28.8 Å². The number of methoxy groups -OCH3 is 1. The molecule has 0 saturated carbocycles. The highest BCUT2D eigenvalue weighted by Gasteiger charge is 2.55. The molecule has 6 nitrogen and oxygen atoms in total. The summed E-state index contributed by atoms with van der Waals surface area (Å²) < 4.78 is 29.5. The summed E-state index contributed by atoms with van der Waals surface area (Å²) in [5, 5.41) is 11.1. The summed E-state index contributed by atoms with van der Waals surface area (Å²) in [4.78, 5) is 0. The van der Waals surface area contributed by atoms with Crippen LogP contribution in [0.4, 0.5) is 0 Å². The van der Waals surface area contributed by atoms with Crippen molar-refractivity contribution in [3.8, 4) is 0 Å². The molecule has 2 heterocycles. The zero-order valence-corrected chi connectivity index (χ0v) is 16.7. The first-order valence-electron chi connectivity index (χ1n) is 10.00. The molecule has 0 bridgehead atoms. The number of aliphatic hydroxyl groups excluding tert-OH is 1. The summed E-state index contributed by atoms with van der Waals surface area (Å²) in [6.45, 7) is 2.69. The number of rotatable bonds is 8. The lowest BCUT2D eigenvalue weighted by molar-refractivity contribution is -0.312. The lowest BCUT2D eigenvalue weighted by atomic mass is 9.95. The zero-order valence-electron chi connectivity index (χ0n) is 16.7. The molecule has 156 valence electrons. The Morgan fingerprint density at radius 3 is 1.79 bits per heavy atom. The highest BCUT2D eigenvalue weighted by atomic mass is 16.7. The van der Waals surface area contributed by atoms with Gasteiger partial charge in [-0.05, 0) is 18.1 Å². The molecule has 2 fully saturated rings. The first kappa shape index (κ1) is 20.5. The van der Waals surface area contributed by atoms with E-state index in [-0.39, 0.29) is 12.2 Å². The third-order valence-electron chi connectivity index (χ3n) is 5.44. The van der Waals surface area contributed by atoms with Gasteiger partial charge in [0.2, 0.25) is 0 Å². The monoisotopic (exact) mass is 400 g/mol. The average molecular weight is 400 g/mol. The van der Waals surface area contributed by atoms with Crippen molar-refractivity contribution in [2.24, 2.45) is 0 Å². The van der Waals surface area contributed by atoms with Crippen molar-refractivity contribution in [1.29, 1.82) is 0 Å². The number of hydrogen-bond acceptors (Lipinski definition) is 6. The summed E-state index contributed by atoms with van der Waals surface area (Å²) in [5.74, 6) is 0. The number of aliphatic hydroxyl groups is 1. The fraction of sp³-hybridized carbons (Fsp3) is 0.478. The summed E-state index contributed by atoms with van der Waals surface area (Å²) in [5.41, 5.74) is 2.05. The fourth-order valence-electron chi connectivity index (χ4n) is 3.76. The van der Waals surface area contributed by atoms with Crippen molar-refractivity contribution in [1.82, 2.24) is 0 Å². The predicted octanol–water partition coefficient (Wildman–Crippen LogP) is 2.68. The maximum atomic E-state index is 11.1. The Kier molecular flexibility index (Phi) is 6.60. The van der Waals surface area contributed by atoms with Crippen molar-refractivity contribution in [3.63, 3.8) is 0 Å². The number of hydrogen-bond donors (Lipinski definition) is 1. The maximum Gasteiger partial charge on any atom is 0.186 e. The van der Waals surface area contributed by atoms with E-state index < -0.39 is 30.7 Å². The quantitative estimate of drug-likeness (QED) is 0.687. The smallest absolute Gasteiger partial charge is 0.186 e.